The molecule has 0 aliphatic heterocycles. The predicted molar refractivity (Wildman–Crippen MR) is 47.9 cm³/mol. The van der Waals surface area contributed by atoms with E-state index in [1.807, 2.05) is 0 Å². The van der Waals surface area contributed by atoms with Crippen molar-refractivity contribution in [2.24, 2.45) is 23.7 Å². The highest BCUT2D eigenvalue weighted by Crippen LogP contribution is 2.59. The van der Waals surface area contributed by atoms with E-state index < -0.39 is 0 Å². The molecule has 3 aliphatic rings. The zero-order valence-electron chi connectivity index (χ0n) is 7.61. The summed E-state index contributed by atoms with van der Waals surface area (Å²) < 4.78 is 5.53. The first-order valence-electron chi connectivity index (χ1n) is 5.10. The van der Waals surface area contributed by atoms with Gasteiger partial charge < -0.3 is 4.74 Å². The van der Waals surface area contributed by atoms with Gasteiger partial charge in [0.25, 0.3) is 0 Å². The largest absolute Gasteiger partial charge is 0.498 e. The first-order chi connectivity index (χ1) is 6.31. The number of carbonyl (C=O) groups excluding carboxylic acids is 1. The van der Waals surface area contributed by atoms with Gasteiger partial charge >= 0.3 is 0 Å². The van der Waals surface area contributed by atoms with Gasteiger partial charge in [-0.1, -0.05) is 6.58 Å². The van der Waals surface area contributed by atoms with Gasteiger partial charge in [0.1, 0.15) is 11.9 Å². The van der Waals surface area contributed by atoms with E-state index in [0.717, 1.165) is 12.8 Å². The first-order valence-corrected chi connectivity index (χ1v) is 5.10. The Labute approximate surface area is 78.0 Å². The van der Waals surface area contributed by atoms with Crippen molar-refractivity contribution >= 4 is 5.78 Å². The zero-order valence-corrected chi connectivity index (χ0v) is 7.61. The van der Waals surface area contributed by atoms with Gasteiger partial charge in [0.15, 0.2) is 0 Å². The zero-order chi connectivity index (χ0) is 9.00. The molecule has 5 unspecified atom stereocenters. The first kappa shape index (κ1) is 7.60. The molecule has 3 fully saturated rings. The van der Waals surface area contributed by atoms with E-state index in [1.54, 1.807) is 6.26 Å². The van der Waals surface area contributed by atoms with Crippen LogP contribution in [0.4, 0.5) is 0 Å². The molecule has 0 aromatic heterocycles. The maximum Gasteiger partial charge on any atom is 0.136 e. The van der Waals surface area contributed by atoms with Crippen LogP contribution in [0.3, 0.4) is 0 Å². The minimum atomic E-state index is 0.310. The molecule has 0 spiro atoms. The highest BCUT2D eigenvalue weighted by molar-refractivity contribution is 5.85. The quantitative estimate of drug-likeness (QED) is 0.602. The molecule has 2 heteroatoms. The number of rotatable bonds is 2. The molecule has 3 aliphatic carbocycles. The van der Waals surface area contributed by atoms with Gasteiger partial charge in [-0.2, -0.15) is 0 Å². The fourth-order valence-corrected chi connectivity index (χ4v) is 3.79. The maximum absolute atomic E-state index is 11.6. The van der Waals surface area contributed by atoms with Crippen LogP contribution in [-0.2, 0) is 9.53 Å². The lowest BCUT2D eigenvalue weighted by molar-refractivity contribution is -0.120. The van der Waals surface area contributed by atoms with Crippen molar-refractivity contribution in [3.63, 3.8) is 0 Å². The van der Waals surface area contributed by atoms with Gasteiger partial charge in [0, 0.05) is 18.3 Å². The standard InChI is InChI=1S/C11H14O2/c1-2-13-11-6-3-7-8(4-6)10(12)5-9(7)11/h2,6-9,11H,1,3-5H2. The van der Waals surface area contributed by atoms with Crippen LogP contribution < -0.4 is 0 Å². The van der Waals surface area contributed by atoms with Crippen LogP contribution in [0, 0.1) is 23.7 Å². The summed E-state index contributed by atoms with van der Waals surface area (Å²) in [5.74, 6) is 2.72. The van der Waals surface area contributed by atoms with E-state index in [2.05, 4.69) is 6.58 Å². The Morgan fingerprint density at radius 3 is 3.00 bits per heavy atom. The number of carbonyl (C=O) groups is 1. The molecule has 70 valence electrons. The lowest BCUT2D eigenvalue weighted by Crippen LogP contribution is -2.27. The fourth-order valence-electron chi connectivity index (χ4n) is 3.79. The number of fused-ring (bicyclic) bond motifs is 1. The molecule has 0 amide bonds. The Morgan fingerprint density at radius 2 is 2.23 bits per heavy atom. The van der Waals surface area contributed by atoms with Gasteiger partial charge in [0.2, 0.25) is 0 Å². The average molecular weight is 178 g/mol. The predicted octanol–water partition coefficient (Wildman–Crippen LogP) is 1.76. The third-order valence-corrected chi connectivity index (χ3v) is 4.19. The smallest absolute Gasteiger partial charge is 0.136 e. The van der Waals surface area contributed by atoms with Gasteiger partial charge in [-0.3, -0.25) is 4.79 Å². The van der Waals surface area contributed by atoms with Gasteiger partial charge in [-0.15, -0.1) is 0 Å². The average Bonchev–Trinajstić information content (AvgIpc) is 2.69. The summed E-state index contributed by atoms with van der Waals surface area (Å²) in [6.07, 6.45) is 4.93. The Bertz CT molecular complexity index is 271. The van der Waals surface area contributed by atoms with Crippen LogP contribution >= 0.6 is 0 Å². The van der Waals surface area contributed by atoms with Crippen molar-refractivity contribution in [1.82, 2.24) is 0 Å². The number of ether oxygens (including phenoxy) is 1. The third-order valence-electron chi connectivity index (χ3n) is 4.19. The summed E-state index contributed by atoms with van der Waals surface area (Å²) in [6, 6.07) is 0. The number of hydrogen-bond acceptors (Lipinski definition) is 2. The maximum atomic E-state index is 11.6. The Morgan fingerprint density at radius 1 is 1.38 bits per heavy atom. The van der Waals surface area contributed by atoms with E-state index in [0.29, 0.717) is 35.6 Å². The molecular formula is C11H14O2. The minimum Gasteiger partial charge on any atom is -0.498 e. The van der Waals surface area contributed by atoms with Crippen LogP contribution in [0.15, 0.2) is 12.8 Å². The highest BCUT2D eigenvalue weighted by Gasteiger charge is 2.60. The van der Waals surface area contributed by atoms with E-state index in [1.165, 1.54) is 6.42 Å². The van der Waals surface area contributed by atoms with Crippen molar-refractivity contribution in [2.75, 3.05) is 0 Å². The van der Waals surface area contributed by atoms with Crippen molar-refractivity contribution in [2.45, 2.75) is 25.4 Å². The minimum absolute atomic E-state index is 0.310. The van der Waals surface area contributed by atoms with Crippen LogP contribution in [0.2, 0.25) is 0 Å². The van der Waals surface area contributed by atoms with Crippen LogP contribution in [0.5, 0.6) is 0 Å². The number of Topliss-reactive ketones (excluding diaryl/α,β-unsaturated/α-hetero) is 1. The Hall–Kier alpha value is -0.790. The van der Waals surface area contributed by atoms with Crippen molar-refractivity contribution in [3.05, 3.63) is 12.8 Å². The summed E-state index contributed by atoms with van der Waals surface area (Å²) in [4.78, 5) is 11.6. The normalized spacial score (nSPS) is 51.4. The molecule has 5 atom stereocenters. The second-order valence-electron chi connectivity index (χ2n) is 4.60. The molecule has 3 saturated carbocycles. The molecule has 0 N–H and O–H groups in total. The summed E-state index contributed by atoms with van der Waals surface area (Å²) >= 11 is 0. The summed E-state index contributed by atoms with van der Waals surface area (Å²) in [5.41, 5.74) is 0. The lowest BCUT2D eigenvalue weighted by atomic mass is 9.86. The van der Waals surface area contributed by atoms with E-state index in [4.69, 9.17) is 4.74 Å². The number of hydrogen-bond donors (Lipinski definition) is 0. The Balaban J connectivity index is 1.90. The number of ketones is 1. The molecule has 2 nitrogen and oxygen atoms in total. The lowest BCUT2D eigenvalue weighted by Gasteiger charge is -2.26. The second kappa shape index (κ2) is 2.37. The molecule has 3 rings (SSSR count). The SMILES string of the molecule is C=COC1C2CC3C(=O)CC1C3C2. The summed E-state index contributed by atoms with van der Waals surface area (Å²) in [7, 11) is 0. The van der Waals surface area contributed by atoms with Crippen LogP contribution in [0.25, 0.3) is 0 Å². The fraction of sp³-hybridized carbons (Fsp3) is 0.727. The second-order valence-corrected chi connectivity index (χ2v) is 4.60. The van der Waals surface area contributed by atoms with E-state index in [9.17, 15) is 4.79 Å². The van der Waals surface area contributed by atoms with E-state index in [-0.39, 0.29) is 0 Å². The molecule has 13 heavy (non-hydrogen) atoms. The molecule has 0 aromatic rings. The Kier molecular flexibility index (Phi) is 1.38. The molecule has 0 aromatic carbocycles. The van der Waals surface area contributed by atoms with Gasteiger partial charge in [-0.05, 0) is 24.7 Å². The van der Waals surface area contributed by atoms with Crippen LogP contribution in [-0.4, -0.2) is 11.9 Å². The highest BCUT2D eigenvalue weighted by atomic mass is 16.5. The third kappa shape index (κ3) is 0.812. The summed E-state index contributed by atoms with van der Waals surface area (Å²) in [5, 5.41) is 0. The molecule has 2 bridgehead atoms. The van der Waals surface area contributed by atoms with Crippen molar-refractivity contribution in [1.29, 1.82) is 0 Å². The summed E-state index contributed by atoms with van der Waals surface area (Å²) in [6.45, 7) is 3.60. The van der Waals surface area contributed by atoms with Crippen molar-refractivity contribution < 1.29 is 9.53 Å². The molecule has 0 heterocycles. The molecule has 0 radical (unpaired) electrons. The van der Waals surface area contributed by atoms with Crippen molar-refractivity contribution in [3.8, 4) is 0 Å². The molecular weight excluding hydrogens is 164 g/mol. The molecule has 0 saturated heterocycles. The van der Waals surface area contributed by atoms with Crippen LogP contribution in [0.1, 0.15) is 19.3 Å². The van der Waals surface area contributed by atoms with E-state index >= 15 is 0 Å². The monoisotopic (exact) mass is 178 g/mol. The topological polar surface area (TPSA) is 26.3 Å². The van der Waals surface area contributed by atoms with Gasteiger partial charge in [0.05, 0.1) is 6.26 Å². The van der Waals surface area contributed by atoms with Gasteiger partial charge in [-0.25, -0.2) is 0 Å².